The fourth-order valence-corrected chi connectivity index (χ4v) is 4.37. The molecular weight excluding hydrogens is 446 g/mol. The molecule has 4 rings (SSSR count). The number of rotatable bonds is 5. The molecule has 0 radical (unpaired) electrons. The first-order chi connectivity index (χ1) is 14.6. The molecule has 0 aliphatic carbocycles. The second-order valence-electron chi connectivity index (χ2n) is 7.46. The molecule has 1 fully saturated rings. The number of hydrogen-bond donors (Lipinski definition) is 1. The third-order valence-electron chi connectivity index (χ3n) is 5.45. The van der Waals surface area contributed by atoms with Gasteiger partial charge in [-0.3, -0.25) is 14.2 Å². The van der Waals surface area contributed by atoms with Crippen molar-refractivity contribution < 1.29 is 4.79 Å². The average molecular weight is 470 g/mol. The number of carbonyl (C=O) groups excluding carboxylic acids is 1. The Balaban J connectivity index is 1.52. The Labute approximate surface area is 183 Å². The van der Waals surface area contributed by atoms with Crippen LogP contribution in [0.4, 0.5) is 5.82 Å². The lowest BCUT2D eigenvalue weighted by Gasteiger charge is -2.32. The van der Waals surface area contributed by atoms with Gasteiger partial charge < -0.3 is 10.2 Å². The van der Waals surface area contributed by atoms with E-state index in [0.717, 1.165) is 22.9 Å². The lowest BCUT2D eigenvalue weighted by Crippen LogP contribution is -2.45. The van der Waals surface area contributed by atoms with Gasteiger partial charge in [0, 0.05) is 36.8 Å². The van der Waals surface area contributed by atoms with Gasteiger partial charge in [-0.1, -0.05) is 28.1 Å². The number of amides is 1. The largest absolute Gasteiger partial charge is 0.352 e. The summed E-state index contributed by atoms with van der Waals surface area (Å²) in [5.41, 5.74) is 2.17. The number of fused-ring (bicyclic) bond motifs is 1. The number of aromatic nitrogens is 3. The van der Waals surface area contributed by atoms with Gasteiger partial charge in [0.25, 0.3) is 5.56 Å². The van der Waals surface area contributed by atoms with Gasteiger partial charge in [-0.05, 0) is 49.6 Å². The molecular formula is C22H24BrN5O2. The molecule has 30 heavy (non-hydrogen) atoms. The SMILES string of the molecule is CCn1c(=O)c(N2CCCC(C(=O)NCc3cccc(Br)c3)C2)nc2cccnc21. The van der Waals surface area contributed by atoms with Gasteiger partial charge in [0.2, 0.25) is 5.91 Å². The number of carbonyl (C=O) groups is 1. The van der Waals surface area contributed by atoms with Gasteiger partial charge in [0.05, 0.1) is 5.92 Å². The van der Waals surface area contributed by atoms with Crippen LogP contribution in [0.3, 0.4) is 0 Å². The highest BCUT2D eigenvalue weighted by Crippen LogP contribution is 2.21. The second-order valence-corrected chi connectivity index (χ2v) is 8.38. The molecule has 7 nitrogen and oxygen atoms in total. The van der Waals surface area contributed by atoms with Crippen molar-refractivity contribution in [1.29, 1.82) is 0 Å². The molecule has 1 saturated heterocycles. The number of anilines is 1. The maximum Gasteiger partial charge on any atom is 0.295 e. The minimum absolute atomic E-state index is 0.0120. The molecule has 1 atom stereocenters. The van der Waals surface area contributed by atoms with E-state index in [9.17, 15) is 9.59 Å². The van der Waals surface area contributed by atoms with Crippen molar-refractivity contribution in [3.8, 4) is 0 Å². The number of halogens is 1. The zero-order chi connectivity index (χ0) is 21.1. The summed E-state index contributed by atoms with van der Waals surface area (Å²) in [5.74, 6) is 0.242. The molecule has 1 aliphatic rings. The predicted octanol–water partition coefficient (Wildman–Crippen LogP) is 3.11. The third kappa shape index (κ3) is 4.23. The summed E-state index contributed by atoms with van der Waals surface area (Å²) in [7, 11) is 0. The number of nitrogens with one attached hydrogen (secondary N) is 1. The van der Waals surface area contributed by atoms with Crippen molar-refractivity contribution in [1.82, 2.24) is 19.9 Å². The van der Waals surface area contributed by atoms with Crippen LogP contribution in [0, 0.1) is 5.92 Å². The molecule has 2 aromatic heterocycles. The summed E-state index contributed by atoms with van der Waals surface area (Å²) in [6, 6.07) is 11.6. The Bertz CT molecular complexity index is 1130. The molecule has 1 aliphatic heterocycles. The van der Waals surface area contributed by atoms with Crippen LogP contribution in [0.25, 0.3) is 11.2 Å². The van der Waals surface area contributed by atoms with E-state index in [-0.39, 0.29) is 17.4 Å². The summed E-state index contributed by atoms with van der Waals surface area (Å²) in [6.45, 7) is 4.13. The number of benzene rings is 1. The molecule has 8 heteroatoms. The Morgan fingerprint density at radius 3 is 2.97 bits per heavy atom. The van der Waals surface area contributed by atoms with E-state index < -0.39 is 0 Å². The fourth-order valence-electron chi connectivity index (χ4n) is 3.93. The smallest absolute Gasteiger partial charge is 0.295 e. The van der Waals surface area contributed by atoms with Crippen molar-refractivity contribution >= 4 is 38.8 Å². The Morgan fingerprint density at radius 2 is 2.17 bits per heavy atom. The first-order valence-electron chi connectivity index (χ1n) is 10.2. The van der Waals surface area contributed by atoms with Gasteiger partial charge in [0.1, 0.15) is 5.52 Å². The minimum Gasteiger partial charge on any atom is -0.352 e. The van der Waals surface area contributed by atoms with E-state index in [4.69, 9.17) is 0 Å². The number of nitrogens with zero attached hydrogens (tertiary/aromatic N) is 4. The number of aryl methyl sites for hydroxylation is 1. The van der Waals surface area contributed by atoms with Gasteiger partial charge >= 0.3 is 0 Å². The molecule has 3 heterocycles. The van der Waals surface area contributed by atoms with E-state index in [1.807, 2.05) is 48.2 Å². The topological polar surface area (TPSA) is 80.1 Å². The number of piperidine rings is 1. The van der Waals surface area contributed by atoms with Crippen molar-refractivity contribution in [3.63, 3.8) is 0 Å². The van der Waals surface area contributed by atoms with Crippen LogP contribution in [-0.4, -0.2) is 33.5 Å². The van der Waals surface area contributed by atoms with Gasteiger partial charge in [0.15, 0.2) is 11.5 Å². The molecule has 1 N–H and O–H groups in total. The van der Waals surface area contributed by atoms with Gasteiger partial charge in [-0.25, -0.2) is 9.97 Å². The Hall–Kier alpha value is -2.74. The molecule has 0 spiro atoms. The highest BCUT2D eigenvalue weighted by Gasteiger charge is 2.28. The number of pyridine rings is 1. The van der Waals surface area contributed by atoms with E-state index in [1.165, 1.54) is 0 Å². The summed E-state index contributed by atoms with van der Waals surface area (Å²) in [6.07, 6.45) is 3.31. The first kappa shape index (κ1) is 20.5. The predicted molar refractivity (Wildman–Crippen MR) is 120 cm³/mol. The van der Waals surface area contributed by atoms with Crippen LogP contribution >= 0.6 is 15.9 Å². The molecule has 0 bridgehead atoms. The Morgan fingerprint density at radius 1 is 1.30 bits per heavy atom. The normalized spacial score (nSPS) is 16.6. The van der Waals surface area contributed by atoms with E-state index in [1.54, 1.807) is 10.8 Å². The average Bonchev–Trinajstić information content (AvgIpc) is 2.77. The maximum atomic E-state index is 13.0. The molecule has 1 unspecified atom stereocenters. The van der Waals surface area contributed by atoms with Crippen LogP contribution in [0.2, 0.25) is 0 Å². The lowest BCUT2D eigenvalue weighted by atomic mass is 9.97. The van der Waals surface area contributed by atoms with Crippen molar-refractivity contribution in [3.05, 3.63) is 63.0 Å². The summed E-state index contributed by atoms with van der Waals surface area (Å²) in [4.78, 5) is 36.7. The van der Waals surface area contributed by atoms with Crippen molar-refractivity contribution in [2.24, 2.45) is 5.92 Å². The molecule has 1 aromatic carbocycles. The monoisotopic (exact) mass is 469 g/mol. The zero-order valence-corrected chi connectivity index (χ0v) is 18.4. The highest BCUT2D eigenvalue weighted by molar-refractivity contribution is 9.10. The Kier molecular flexibility index (Phi) is 6.13. The third-order valence-corrected chi connectivity index (χ3v) is 5.94. The van der Waals surface area contributed by atoms with Crippen molar-refractivity contribution in [2.75, 3.05) is 18.0 Å². The van der Waals surface area contributed by atoms with Gasteiger partial charge in [-0.15, -0.1) is 0 Å². The van der Waals surface area contributed by atoms with Crippen LogP contribution in [0.15, 0.2) is 51.9 Å². The van der Waals surface area contributed by atoms with E-state index in [0.29, 0.717) is 43.2 Å². The highest BCUT2D eigenvalue weighted by atomic mass is 79.9. The minimum atomic E-state index is -0.174. The number of hydrogen-bond acceptors (Lipinski definition) is 5. The summed E-state index contributed by atoms with van der Waals surface area (Å²) >= 11 is 3.45. The van der Waals surface area contributed by atoms with Crippen molar-refractivity contribution in [2.45, 2.75) is 32.9 Å². The van der Waals surface area contributed by atoms with Crippen LogP contribution < -0.4 is 15.8 Å². The van der Waals surface area contributed by atoms with E-state index >= 15 is 0 Å². The van der Waals surface area contributed by atoms with Crippen LogP contribution in [0.1, 0.15) is 25.3 Å². The molecule has 0 saturated carbocycles. The summed E-state index contributed by atoms with van der Waals surface area (Å²) in [5, 5.41) is 3.03. The summed E-state index contributed by atoms with van der Waals surface area (Å²) < 4.78 is 2.64. The van der Waals surface area contributed by atoms with Crippen LogP contribution in [-0.2, 0) is 17.9 Å². The molecule has 1 amide bonds. The molecule has 3 aromatic rings. The van der Waals surface area contributed by atoms with Gasteiger partial charge in [-0.2, -0.15) is 0 Å². The first-order valence-corrected chi connectivity index (χ1v) is 11.0. The van der Waals surface area contributed by atoms with Crippen LogP contribution in [0.5, 0.6) is 0 Å². The quantitative estimate of drug-likeness (QED) is 0.620. The maximum absolute atomic E-state index is 13.0. The fraction of sp³-hybridized carbons (Fsp3) is 0.364. The second kappa shape index (κ2) is 8.95. The lowest BCUT2D eigenvalue weighted by molar-refractivity contribution is -0.125. The van der Waals surface area contributed by atoms with E-state index in [2.05, 4.69) is 31.2 Å². The standard InChI is InChI=1S/C22H24BrN5O2/c1-2-28-19-18(9-4-10-24-19)26-20(22(28)30)27-11-5-7-16(14-27)21(29)25-13-15-6-3-8-17(23)12-15/h3-4,6,8-10,12,16H,2,5,7,11,13-14H2,1H3,(H,25,29). The zero-order valence-electron chi connectivity index (χ0n) is 16.8. The molecule has 156 valence electrons.